The lowest BCUT2D eigenvalue weighted by molar-refractivity contribution is 0.167. The van der Waals surface area contributed by atoms with Crippen LogP contribution < -0.4 is 0 Å². The van der Waals surface area contributed by atoms with Gasteiger partial charge in [0, 0.05) is 18.0 Å². The standard InChI is InChI=1S/C22H21FN4O2/c1-14-8-9-15(11-17(14)23)21-25-20(29-26-21)13-27-10-4-5-16(12-27)22-24-18-6-2-3-7-19(18)28-22/h2-3,6-9,11,16H,4-5,10,12-13H2,1H3. The van der Waals surface area contributed by atoms with Crippen LogP contribution in [0.4, 0.5) is 4.39 Å². The molecule has 1 atom stereocenters. The summed E-state index contributed by atoms with van der Waals surface area (Å²) in [5.74, 6) is 1.69. The van der Waals surface area contributed by atoms with Gasteiger partial charge in [-0.05, 0) is 50.1 Å². The monoisotopic (exact) mass is 392 g/mol. The summed E-state index contributed by atoms with van der Waals surface area (Å²) in [4.78, 5) is 11.4. The Bertz CT molecular complexity index is 1120. The number of piperidine rings is 1. The zero-order valence-corrected chi connectivity index (χ0v) is 16.1. The highest BCUT2D eigenvalue weighted by molar-refractivity contribution is 5.72. The molecule has 1 unspecified atom stereocenters. The van der Waals surface area contributed by atoms with Gasteiger partial charge < -0.3 is 8.94 Å². The summed E-state index contributed by atoms with van der Waals surface area (Å²) in [6.07, 6.45) is 2.09. The third-order valence-electron chi connectivity index (χ3n) is 5.42. The number of halogens is 1. The van der Waals surface area contributed by atoms with Crippen LogP contribution in [0.15, 0.2) is 51.4 Å². The Labute approximate surface area is 167 Å². The lowest BCUT2D eigenvalue weighted by Crippen LogP contribution is -2.34. The zero-order chi connectivity index (χ0) is 19.8. The highest BCUT2D eigenvalue weighted by atomic mass is 19.1. The molecule has 1 fully saturated rings. The number of fused-ring (bicyclic) bond motifs is 1. The maximum Gasteiger partial charge on any atom is 0.241 e. The van der Waals surface area contributed by atoms with Crippen LogP contribution in [-0.2, 0) is 6.54 Å². The van der Waals surface area contributed by atoms with Crippen molar-refractivity contribution < 1.29 is 13.3 Å². The molecule has 1 aliphatic heterocycles. The highest BCUT2D eigenvalue weighted by Gasteiger charge is 2.26. The largest absolute Gasteiger partial charge is 0.440 e. The molecule has 0 spiro atoms. The molecule has 148 valence electrons. The number of nitrogens with zero attached hydrogens (tertiary/aromatic N) is 4. The molecule has 1 aliphatic rings. The van der Waals surface area contributed by atoms with E-state index in [1.165, 1.54) is 6.07 Å². The third-order valence-corrected chi connectivity index (χ3v) is 5.42. The Balaban J connectivity index is 1.29. The molecule has 5 rings (SSSR count). The van der Waals surface area contributed by atoms with E-state index in [9.17, 15) is 4.39 Å². The molecule has 6 nitrogen and oxygen atoms in total. The van der Waals surface area contributed by atoms with Gasteiger partial charge in [0.2, 0.25) is 11.7 Å². The van der Waals surface area contributed by atoms with E-state index >= 15 is 0 Å². The number of aromatic nitrogens is 3. The van der Waals surface area contributed by atoms with E-state index in [4.69, 9.17) is 8.94 Å². The maximum absolute atomic E-state index is 13.8. The van der Waals surface area contributed by atoms with Gasteiger partial charge in [0.05, 0.1) is 6.54 Å². The number of oxazole rings is 1. The van der Waals surface area contributed by atoms with Gasteiger partial charge in [-0.2, -0.15) is 4.98 Å². The molecule has 0 N–H and O–H groups in total. The van der Waals surface area contributed by atoms with E-state index in [1.807, 2.05) is 24.3 Å². The molecule has 2 aromatic heterocycles. The fourth-order valence-electron chi connectivity index (χ4n) is 3.82. The number of likely N-dealkylation sites (tertiary alicyclic amines) is 1. The summed E-state index contributed by atoms with van der Waals surface area (Å²) in [6.45, 7) is 4.06. The van der Waals surface area contributed by atoms with Crippen molar-refractivity contribution in [3.05, 3.63) is 65.6 Å². The Hall–Kier alpha value is -3.06. The Kier molecular flexibility index (Phi) is 4.60. The second kappa shape index (κ2) is 7.40. The van der Waals surface area contributed by atoms with Gasteiger partial charge in [-0.25, -0.2) is 9.37 Å². The van der Waals surface area contributed by atoms with Crippen LogP contribution in [0.2, 0.25) is 0 Å². The number of hydrogen-bond donors (Lipinski definition) is 0. The van der Waals surface area contributed by atoms with Crippen molar-refractivity contribution in [1.82, 2.24) is 20.0 Å². The van der Waals surface area contributed by atoms with E-state index in [1.54, 1.807) is 19.1 Å². The zero-order valence-electron chi connectivity index (χ0n) is 16.1. The second-order valence-electron chi connectivity index (χ2n) is 7.57. The van der Waals surface area contributed by atoms with Crippen molar-refractivity contribution in [2.75, 3.05) is 13.1 Å². The summed E-state index contributed by atoms with van der Waals surface area (Å²) in [5.41, 5.74) is 2.93. The minimum atomic E-state index is -0.272. The molecule has 1 saturated heterocycles. The molecule has 2 aromatic carbocycles. The van der Waals surface area contributed by atoms with Gasteiger partial charge in [0.25, 0.3) is 0 Å². The summed E-state index contributed by atoms with van der Waals surface area (Å²) in [5, 5.41) is 4.02. The van der Waals surface area contributed by atoms with Crippen LogP contribution in [0.25, 0.3) is 22.5 Å². The molecule has 0 saturated carbocycles. The molecule has 7 heteroatoms. The molecule has 0 aliphatic carbocycles. The van der Waals surface area contributed by atoms with Gasteiger partial charge in [-0.3, -0.25) is 4.90 Å². The number of aryl methyl sites for hydroxylation is 1. The lowest BCUT2D eigenvalue weighted by Gasteiger charge is -2.29. The smallest absolute Gasteiger partial charge is 0.241 e. The number of rotatable bonds is 4. The topological polar surface area (TPSA) is 68.2 Å². The molecule has 0 bridgehead atoms. The van der Waals surface area contributed by atoms with Crippen molar-refractivity contribution in [1.29, 1.82) is 0 Å². The molecular formula is C22H21FN4O2. The van der Waals surface area contributed by atoms with Gasteiger partial charge in [0.1, 0.15) is 11.3 Å². The fraction of sp³-hybridized carbons (Fsp3) is 0.318. The van der Waals surface area contributed by atoms with E-state index < -0.39 is 0 Å². The predicted octanol–water partition coefficient (Wildman–Crippen LogP) is 4.70. The summed E-state index contributed by atoms with van der Waals surface area (Å²) < 4.78 is 25.2. The van der Waals surface area contributed by atoms with Gasteiger partial charge in [-0.1, -0.05) is 29.4 Å². The first kappa shape index (κ1) is 18.0. The van der Waals surface area contributed by atoms with E-state index in [-0.39, 0.29) is 11.7 Å². The minimum absolute atomic E-state index is 0.240. The average molecular weight is 392 g/mol. The first-order valence-electron chi connectivity index (χ1n) is 9.82. The molecule has 4 aromatic rings. The molecular weight excluding hydrogens is 371 g/mol. The Morgan fingerprint density at radius 3 is 2.93 bits per heavy atom. The highest BCUT2D eigenvalue weighted by Crippen LogP contribution is 2.29. The summed E-state index contributed by atoms with van der Waals surface area (Å²) in [6, 6.07) is 12.8. The maximum atomic E-state index is 13.8. The number of hydrogen-bond acceptors (Lipinski definition) is 6. The van der Waals surface area contributed by atoms with Crippen LogP contribution in [0.1, 0.15) is 36.1 Å². The van der Waals surface area contributed by atoms with Crippen LogP contribution in [-0.4, -0.2) is 33.1 Å². The van der Waals surface area contributed by atoms with E-state index in [0.717, 1.165) is 42.9 Å². The van der Waals surface area contributed by atoms with Crippen LogP contribution in [0, 0.1) is 12.7 Å². The summed E-state index contributed by atoms with van der Waals surface area (Å²) in [7, 11) is 0. The molecule has 29 heavy (non-hydrogen) atoms. The Morgan fingerprint density at radius 2 is 2.07 bits per heavy atom. The third kappa shape index (κ3) is 3.65. The predicted molar refractivity (Wildman–Crippen MR) is 106 cm³/mol. The van der Waals surface area contributed by atoms with E-state index in [2.05, 4.69) is 20.0 Å². The van der Waals surface area contributed by atoms with Crippen molar-refractivity contribution in [2.45, 2.75) is 32.2 Å². The first-order chi connectivity index (χ1) is 14.2. The van der Waals surface area contributed by atoms with E-state index in [0.29, 0.717) is 29.4 Å². The molecule has 3 heterocycles. The van der Waals surface area contributed by atoms with Crippen molar-refractivity contribution in [2.24, 2.45) is 0 Å². The van der Waals surface area contributed by atoms with Crippen LogP contribution in [0.5, 0.6) is 0 Å². The van der Waals surface area contributed by atoms with Crippen molar-refractivity contribution in [3.63, 3.8) is 0 Å². The normalized spacial score (nSPS) is 17.8. The van der Waals surface area contributed by atoms with Crippen molar-refractivity contribution >= 4 is 11.1 Å². The quantitative estimate of drug-likeness (QED) is 0.501. The van der Waals surface area contributed by atoms with Crippen molar-refractivity contribution in [3.8, 4) is 11.4 Å². The number of para-hydroxylation sites is 2. The molecule has 0 amide bonds. The minimum Gasteiger partial charge on any atom is -0.440 e. The van der Waals surface area contributed by atoms with Crippen LogP contribution in [0.3, 0.4) is 0 Å². The second-order valence-corrected chi connectivity index (χ2v) is 7.57. The fourth-order valence-corrected chi connectivity index (χ4v) is 3.82. The lowest BCUT2D eigenvalue weighted by atomic mass is 9.98. The van der Waals surface area contributed by atoms with Gasteiger partial charge in [0.15, 0.2) is 11.5 Å². The van der Waals surface area contributed by atoms with Gasteiger partial charge >= 0.3 is 0 Å². The Morgan fingerprint density at radius 1 is 1.17 bits per heavy atom. The average Bonchev–Trinajstić information content (AvgIpc) is 3.37. The first-order valence-corrected chi connectivity index (χ1v) is 9.82. The molecule has 0 radical (unpaired) electrons. The SMILES string of the molecule is Cc1ccc(-c2noc(CN3CCCC(c4nc5ccccc5o4)C3)n2)cc1F. The van der Waals surface area contributed by atoms with Crippen LogP contribution >= 0.6 is 0 Å². The summed E-state index contributed by atoms with van der Waals surface area (Å²) >= 11 is 0. The number of benzene rings is 2. The van der Waals surface area contributed by atoms with Gasteiger partial charge in [-0.15, -0.1) is 0 Å².